The van der Waals surface area contributed by atoms with E-state index < -0.39 is 16.0 Å². The Kier molecular flexibility index (Phi) is 3.77. The van der Waals surface area contributed by atoms with Crippen LogP contribution in [-0.2, 0) is 14.8 Å². The molecule has 0 fully saturated rings. The van der Waals surface area contributed by atoms with E-state index in [9.17, 15) is 13.2 Å². The Bertz CT molecular complexity index is 1250. The quantitative estimate of drug-likeness (QED) is 0.518. The van der Waals surface area contributed by atoms with E-state index in [1.165, 1.54) is 13.2 Å². The first-order chi connectivity index (χ1) is 12.5. The molecule has 0 saturated heterocycles. The third kappa shape index (κ3) is 2.38. The Morgan fingerprint density at radius 1 is 0.885 bits per heavy atom. The van der Waals surface area contributed by atoms with Crippen LogP contribution in [0.5, 0.6) is 0 Å². The molecule has 0 aliphatic carbocycles. The second kappa shape index (κ2) is 6.00. The van der Waals surface area contributed by atoms with Crippen LogP contribution in [-0.4, -0.2) is 25.5 Å². The molecule has 0 aliphatic rings. The molecule has 0 radical (unpaired) electrons. The predicted octanol–water partition coefficient (Wildman–Crippen LogP) is 3.82. The van der Waals surface area contributed by atoms with Gasteiger partial charge in [0.05, 0.1) is 17.5 Å². The lowest BCUT2D eigenvalue weighted by Gasteiger charge is -2.13. The minimum absolute atomic E-state index is 0.0263. The van der Waals surface area contributed by atoms with Crippen LogP contribution in [0.2, 0.25) is 0 Å². The Morgan fingerprint density at radius 2 is 1.54 bits per heavy atom. The molecule has 130 valence electrons. The molecule has 0 spiro atoms. The summed E-state index contributed by atoms with van der Waals surface area (Å²) in [6.07, 6.45) is 0. The van der Waals surface area contributed by atoms with Crippen molar-refractivity contribution in [1.82, 2.24) is 3.97 Å². The number of nitrogens with zero attached hydrogens (tertiary/aromatic N) is 1. The van der Waals surface area contributed by atoms with Crippen molar-refractivity contribution < 1.29 is 17.9 Å². The standard InChI is InChI=1S/C20H15NO4S/c1-25-20(22)18-13-15-8-3-5-11-17(15)21(18)26(23,24)19-12-6-9-14-7-2-4-10-16(14)19/h2-13H,1H3. The lowest BCUT2D eigenvalue weighted by Crippen LogP contribution is -2.19. The second-order valence-electron chi connectivity index (χ2n) is 5.83. The van der Waals surface area contributed by atoms with Crippen LogP contribution in [0.1, 0.15) is 10.5 Å². The molecule has 0 atom stereocenters. The van der Waals surface area contributed by atoms with Crippen LogP contribution in [0.4, 0.5) is 0 Å². The lowest BCUT2D eigenvalue weighted by atomic mass is 10.1. The molecular weight excluding hydrogens is 350 g/mol. The van der Waals surface area contributed by atoms with Crippen LogP contribution < -0.4 is 0 Å². The summed E-state index contributed by atoms with van der Waals surface area (Å²) in [7, 11) is -2.79. The number of para-hydroxylation sites is 1. The van der Waals surface area contributed by atoms with Crippen molar-refractivity contribution in [2.75, 3.05) is 7.11 Å². The Hall–Kier alpha value is -3.12. The molecule has 0 unspecified atom stereocenters. The number of ether oxygens (including phenoxy) is 1. The third-order valence-electron chi connectivity index (χ3n) is 4.33. The van der Waals surface area contributed by atoms with Gasteiger partial charge in [0.25, 0.3) is 10.0 Å². The fraction of sp³-hybridized carbons (Fsp3) is 0.0500. The van der Waals surface area contributed by atoms with Crippen molar-refractivity contribution >= 4 is 37.7 Å². The summed E-state index contributed by atoms with van der Waals surface area (Å²) in [4.78, 5) is 12.4. The summed E-state index contributed by atoms with van der Waals surface area (Å²) in [6.45, 7) is 0. The summed E-state index contributed by atoms with van der Waals surface area (Å²) in [5.74, 6) is -0.704. The highest BCUT2D eigenvalue weighted by Gasteiger charge is 2.28. The van der Waals surface area contributed by atoms with Crippen LogP contribution in [0.3, 0.4) is 0 Å². The summed E-state index contributed by atoms with van der Waals surface area (Å²) >= 11 is 0. The zero-order valence-electron chi connectivity index (χ0n) is 13.9. The fourth-order valence-electron chi connectivity index (χ4n) is 3.15. The molecule has 26 heavy (non-hydrogen) atoms. The first-order valence-electron chi connectivity index (χ1n) is 7.96. The highest BCUT2D eigenvalue weighted by molar-refractivity contribution is 7.90. The second-order valence-corrected chi connectivity index (χ2v) is 7.58. The molecule has 0 N–H and O–H groups in total. The molecule has 5 nitrogen and oxygen atoms in total. The maximum Gasteiger partial charge on any atom is 0.355 e. The van der Waals surface area contributed by atoms with Gasteiger partial charge in [-0.15, -0.1) is 0 Å². The Labute approximate surface area is 150 Å². The lowest BCUT2D eigenvalue weighted by molar-refractivity contribution is 0.0593. The number of hydrogen-bond donors (Lipinski definition) is 0. The fourth-order valence-corrected chi connectivity index (χ4v) is 4.88. The van der Waals surface area contributed by atoms with Crippen molar-refractivity contribution in [3.05, 3.63) is 78.5 Å². The van der Waals surface area contributed by atoms with Gasteiger partial charge in [0.15, 0.2) is 0 Å². The largest absolute Gasteiger partial charge is 0.464 e. The number of rotatable bonds is 3. The zero-order valence-corrected chi connectivity index (χ0v) is 14.7. The monoisotopic (exact) mass is 365 g/mol. The van der Waals surface area contributed by atoms with Gasteiger partial charge in [0.2, 0.25) is 0 Å². The van der Waals surface area contributed by atoms with Crippen molar-refractivity contribution in [3.63, 3.8) is 0 Å². The van der Waals surface area contributed by atoms with E-state index in [2.05, 4.69) is 0 Å². The van der Waals surface area contributed by atoms with E-state index in [0.29, 0.717) is 16.3 Å². The Morgan fingerprint density at radius 3 is 2.31 bits per heavy atom. The number of benzene rings is 3. The summed E-state index contributed by atoms with van der Waals surface area (Å²) in [5.41, 5.74) is 0.405. The van der Waals surface area contributed by atoms with E-state index >= 15 is 0 Å². The number of aromatic nitrogens is 1. The normalized spacial score (nSPS) is 11.7. The van der Waals surface area contributed by atoms with Crippen molar-refractivity contribution in [1.29, 1.82) is 0 Å². The van der Waals surface area contributed by atoms with Gasteiger partial charge in [-0.1, -0.05) is 54.6 Å². The average molecular weight is 365 g/mol. The van der Waals surface area contributed by atoms with Gasteiger partial charge in [0.1, 0.15) is 5.69 Å². The number of esters is 1. The number of carbonyl (C=O) groups excluding carboxylic acids is 1. The topological polar surface area (TPSA) is 65.4 Å². The highest BCUT2D eigenvalue weighted by atomic mass is 32.2. The minimum Gasteiger partial charge on any atom is -0.464 e. The average Bonchev–Trinajstić information content (AvgIpc) is 3.07. The van der Waals surface area contributed by atoms with Gasteiger partial charge in [-0.25, -0.2) is 17.2 Å². The number of methoxy groups -OCH3 is 1. The van der Waals surface area contributed by atoms with Crippen molar-refractivity contribution in [2.24, 2.45) is 0 Å². The molecule has 0 saturated carbocycles. The zero-order chi connectivity index (χ0) is 18.3. The SMILES string of the molecule is COC(=O)c1cc2ccccc2n1S(=O)(=O)c1cccc2ccccc12. The molecule has 0 aliphatic heterocycles. The van der Waals surface area contributed by atoms with Gasteiger partial charge >= 0.3 is 5.97 Å². The van der Waals surface area contributed by atoms with Gasteiger partial charge < -0.3 is 4.74 Å². The van der Waals surface area contributed by atoms with Gasteiger partial charge in [-0.2, -0.15) is 0 Å². The third-order valence-corrected chi connectivity index (χ3v) is 6.11. The van der Waals surface area contributed by atoms with E-state index in [-0.39, 0.29) is 10.6 Å². The highest BCUT2D eigenvalue weighted by Crippen LogP contribution is 2.30. The summed E-state index contributed by atoms with van der Waals surface area (Å²) in [6, 6.07) is 20.8. The number of fused-ring (bicyclic) bond motifs is 2. The molecule has 6 heteroatoms. The summed E-state index contributed by atoms with van der Waals surface area (Å²) < 4.78 is 32.9. The smallest absolute Gasteiger partial charge is 0.355 e. The molecule has 4 aromatic rings. The van der Waals surface area contributed by atoms with Gasteiger partial charge in [-0.05, 0) is 23.6 Å². The molecule has 0 amide bonds. The molecule has 1 heterocycles. The molecule has 1 aromatic heterocycles. The van der Waals surface area contributed by atoms with E-state index in [1.54, 1.807) is 48.5 Å². The first-order valence-corrected chi connectivity index (χ1v) is 9.40. The van der Waals surface area contributed by atoms with Gasteiger partial charge in [-0.3, -0.25) is 0 Å². The molecule has 4 rings (SSSR count). The number of hydrogen-bond acceptors (Lipinski definition) is 4. The van der Waals surface area contributed by atoms with Crippen LogP contribution >= 0.6 is 0 Å². The van der Waals surface area contributed by atoms with Crippen LogP contribution in [0.15, 0.2) is 77.7 Å². The molecular formula is C20H15NO4S. The first kappa shape index (κ1) is 16.4. The van der Waals surface area contributed by atoms with Crippen molar-refractivity contribution in [3.8, 4) is 0 Å². The predicted molar refractivity (Wildman–Crippen MR) is 99.8 cm³/mol. The van der Waals surface area contributed by atoms with Crippen LogP contribution in [0.25, 0.3) is 21.7 Å². The Balaban J connectivity index is 2.10. The van der Waals surface area contributed by atoms with Crippen LogP contribution in [0, 0.1) is 0 Å². The summed E-state index contributed by atoms with van der Waals surface area (Å²) in [5, 5.41) is 2.06. The van der Waals surface area contributed by atoms with E-state index in [0.717, 1.165) is 9.36 Å². The van der Waals surface area contributed by atoms with E-state index in [1.807, 2.05) is 18.2 Å². The van der Waals surface area contributed by atoms with E-state index in [4.69, 9.17) is 4.74 Å². The maximum absolute atomic E-state index is 13.5. The maximum atomic E-state index is 13.5. The van der Waals surface area contributed by atoms with Crippen molar-refractivity contribution in [2.45, 2.75) is 4.90 Å². The van der Waals surface area contributed by atoms with Gasteiger partial charge in [0, 0.05) is 10.8 Å². The molecule has 3 aromatic carbocycles. The molecule has 0 bridgehead atoms. The minimum atomic E-state index is -4.02. The number of carbonyl (C=O) groups is 1.